The summed E-state index contributed by atoms with van der Waals surface area (Å²) in [5.41, 5.74) is 0.310. The van der Waals surface area contributed by atoms with E-state index >= 15 is 0 Å². The molecule has 1 aromatic rings. The minimum Gasteiger partial charge on any atom is -0.490 e. The molecule has 0 heterocycles. The predicted octanol–water partition coefficient (Wildman–Crippen LogP) is 2.39. The Kier molecular flexibility index (Phi) is 8.26. The molecule has 128 valence electrons. The highest BCUT2D eigenvalue weighted by Gasteiger charge is 2.16. The van der Waals surface area contributed by atoms with Gasteiger partial charge in [-0.15, -0.1) is 0 Å². The first-order chi connectivity index (χ1) is 11.0. The fourth-order valence-corrected chi connectivity index (χ4v) is 2.04. The summed E-state index contributed by atoms with van der Waals surface area (Å²) in [5.74, 6) is 0.163. The molecule has 23 heavy (non-hydrogen) atoms. The second-order valence-electron chi connectivity index (χ2n) is 4.78. The van der Waals surface area contributed by atoms with E-state index in [0.29, 0.717) is 35.3 Å². The number of hydrogen-bond donors (Lipinski definition) is 2. The van der Waals surface area contributed by atoms with Crippen LogP contribution in [-0.4, -0.2) is 38.6 Å². The molecular weight excluding hydrogens is 320 g/mol. The first-order valence-electron chi connectivity index (χ1n) is 7.61. The van der Waals surface area contributed by atoms with Crippen LogP contribution in [0.15, 0.2) is 12.1 Å². The minimum atomic E-state index is -0.406. The standard InChI is InChI=1S/C16H23ClN2O4/c1-4-6-7-23-15-12(17)8-11(9-13(15)22-5-2)16(21)19-10-14(20)18-3/h8-9H,4-7,10H2,1-3H3,(H,18,20)(H,19,21). The number of unbranched alkanes of at least 4 members (excludes halogenated alkanes) is 1. The van der Waals surface area contributed by atoms with E-state index in [9.17, 15) is 9.59 Å². The Balaban J connectivity index is 2.93. The van der Waals surface area contributed by atoms with E-state index in [1.807, 2.05) is 6.92 Å². The van der Waals surface area contributed by atoms with Crippen LogP contribution in [0, 0.1) is 0 Å². The van der Waals surface area contributed by atoms with Crippen LogP contribution in [0.1, 0.15) is 37.0 Å². The molecule has 1 aromatic carbocycles. The summed E-state index contributed by atoms with van der Waals surface area (Å²) in [5, 5.41) is 5.24. The molecule has 6 nitrogen and oxygen atoms in total. The van der Waals surface area contributed by atoms with Gasteiger partial charge in [0.15, 0.2) is 11.5 Å². The highest BCUT2D eigenvalue weighted by atomic mass is 35.5. The van der Waals surface area contributed by atoms with Gasteiger partial charge in [0.2, 0.25) is 5.91 Å². The molecule has 2 amide bonds. The summed E-state index contributed by atoms with van der Waals surface area (Å²) in [7, 11) is 1.50. The van der Waals surface area contributed by atoms with Crippen LogP contribution in [-0.2, 0) is 4.79 Å². The lowest BCUT2D eigenvalue weighted by molar-refractivity contribution is -0.119. The number of carbonyl (C=O) groups is 2. The van der Waals surface area contributed by atoms with Crippen molar-refractivity contribution in [2.75, 3.05) is 26.8 Å². The third kappa shape index (κ3) is 5.98. The van der Waals surface area contributed by atoms with Crippen molar-refractivity contribution in [3.63, 3.8) is 0 Å². The van der Waals surface area contributed by atoms with Crippen molar-refractivity contribution in [2.24, 2.45) is 0 Å². The zero-order chi connectivity index (χ0) is 17.2. The zero-order valence-corrected chi connectivity index (χ0v) is 14.5. The molecule has 0 fully saturated rings. The van der Waals surface area contributed by atoms with E-state index in [1.165, 1.54) is 13.1 Å². The Bertz CT molecular complexity index is 549. The number of hydrogen-bond acceptors (Lipinski definition) is 4. The van der Waals surface area contributed by atoms with E-state index in [1.54, 1.807) is 6.07 Å². The van der Waals surface area contributed by atoms with Gasteiger partial charge in [0.1, 0.15) is 0 Å². The number of rotatable bonds is 9. The van der Waals surface area contributed by atoms with Crippen molar-refractivity contribution in [1.29, 1.82) is 0 Å². The molecule has 0 radical (unpaired) electrons. The minimum absolute atomic E-state index is 0.105. The number of amides is 2. The summed E-state index contributed by atoms with van der Waals surface area (Å²) in [4.78, 5) is 23.3. The van der Waals surface area contributed by atoms with Gasteiger partial charge in [-0.05, 0) is 25.5 Å². The van der Waals surface area contributed by atoms with Crippen molar-refractivity contribution >= 4 is 23.4 Å². The van der Waals surface area contributed by atoms with E-state index in [4.69, 9.17) is 21.1 Å². The third-order valence-corrected chi connectivity index (χ3v) is 3.28. The molecule has 0 saturated carbocycles. The average molecular weight is 343 g/mol. The van der Waals surface area contributed by atoms with E-state index < -0.39 is 5.91 Å². The molecule has 1 rings (SSSR count). The van der Waals surface area contributed by atoms with Gasteiger partial charge in [0, 0.05) is 12.6 Å². The Labute approximate surface area is 141 Å². The van der Waals surface area contributed by atoms with Gasteiger partial charge in [-0.1, -0.05) is 24.9 Å². The lowest BCUT2D eigenvalue weighted by atomic mass is 10.2. The molecule has 0 bridgehead atoms. The quantitative estimate of drug-likeness (QED) is 0.676. The number of halogens is 1. The van der Waals surface area contributed by atoms with E-state index in [2.05, 4.69) is 17.6 Å². The highest BCUT2D eigenvalue weighted by molar-refractivity contribution is 6.32. The first-order valence-corrected chi connectivity index (χ1v) is 7.99. The van der Waals surface area contributed by atoms with Gasteiger partial charge in [-0.3, -0.25) is 9.59 Å². The van der Waals surface area contributed by atoms with Gasteiger partial charge in [-0.25, -0.2) is 0 Å². The Morgan fingerprint density at radius 3 is 2.57 bits per heavy atom. The Morgan fingerprint density at radius 2 is 1.96 bits per heavy atom. The SMILES string of the molecule is CCCCOc1c(Cl)cc(C(=O)NCC(=O)NC)cc1OCC. The summed E-state index contributed by atoms with van der Waals surface area (Å²) in [6.07, 6.45) is 1.90. The van der Waals surface area contributed by atoms with Crippen molar-refractivity contribution in [3.05, 3.63) is 22.7 Å². The molecule has 2 N–H and O–H groups in total. The maximum atomic E-state index is 12.1. The molecule has 7 heteroatoms. The summed E-state index contributed by atoms with van der Waals surface area (Å²) in [6, 6.07) is 3.07. The van der Waals surface area contributed by atoms with Crippen LogP contribution in [0.4, 0.5) is 0 Å². The Morgan fingerprint density at radius 1 is 1.22 bits per heavy atom. The number of carbonyl (C=O) groups excluding carboxylic acids is 2. The topological polar surface area (TPSA) is 76.7 Å². The lowest BCUT2D eigenvalue weighted by Crippen LogP contribution is -2.35. The molecule has 0 aliphatic rings. The molecule has 0 saturated heterocycles. The second-order valence-corrected chi connectivity index (χ2v) is 5.18. The van der Waals surface area contributed by atoms with Crippen LogP contribution < -0.4 is 20.1 Å². The number of ether oxygens (including phenoxy) is 2. The van der Waals surface area contributed by atoms with Gasteiger partial charge in [-0.2, -0.15) is 0 Å². The first kappa shape index (κ1) is 19.1. The maximum absolute atomic E-state index is 12.1. The smallest absolute Gasteiger partial charge is 0.251 e. The molecule has 0 aliphatic carbocycles. The molecule has 0 aromatic heterocycles. The molecule has 0 unspecified atom stereocenters. The van der Waals surface area contributed by atoms with E-state index in [-0.39, 0.29) is 12.5 Å². The van der Waals surface area contributed by atoms with E-state index in [0.717, 1.165) is 12.8 Å². The number of likely N-dealkylation sites (N-methyl/N-ethyl adjacent to an activating group) is 1. The van der Waals surface area contributed by atoms with Crippen molar-refractivity contribution in [2.45, 2.75) is 26.7 Å². The molecule has 0 atom stereocenters. The Hall–Kier alpha value is -1.95. The lowest BCUT2D eigenvalue weighted by Gasteiger charge is -2.15. The van der Waals surface area contributed by atoms with Crippen molar-refractivity contribution in [3.8, 4) is 11.5 Å². The average Bonchev–Trinajstić information content (AvgIpc) is 2.54. The van der Waals surface area contributed by atoms with Crippen LogP contribution in [0.5, 0.6) is 11.5 Å². The summed E-state index contributed by atoms with van der Waals surface area (Å²) < 4.78 is 11.2. The second kappa shape index (κ2) is 9.94. The summed E-state index contributed by atoms with van der Waals surface area (Å²) in [6.45, 7) is 4.74. The maximum Gasteiger partial charge on any atom is 0.251 e. The number of benzene rings is 1. The highest BCUT2D eigenvalue weighted by Crippen LogP contribution is 2.36. The molecular formula is C16H23ClN2O4. The molecule has 0 aliphatic heterocycles. The van der Waals surface area contributed by atoms with Gasteiger partial charge < -0.3 is 20.1 Å². The van der Waals surface area contributed by atoms with Crippen LogP contribution in [0.25, 0.3) is 0 Å². The fraction of sp³-hybridized carbons (Fsp3) is 0.500. The predicted molar refractivity (Wildman–Crippen MR) is 89.4 cm³/mol. The third-order valence-electron chi connectivity index (χ3n) is 3.00. The van der Waals surface area contributed by atoms with Crippen LogP contribution in [0.3, 0.4) is 0 Å². The van der Waals surface area contributed by atoms with Gasteiger partial charge in [0.05, 0.1) is 24.8 Å². The zero-order valence-electron chi connectivity index (χ0n) is 13.7. The summed E-state index contributed by atoms with van der Waals surface area (Å²) >= 11 is 6.22. The number of nitrogens with one attached hydrogen (secondary N) is 2. The van der Waals surface area contributed by atoms with Gasteiger partial charge >= 0.3 is 0 Å². The van der Waals surface area contributed by atoms with Crippen LogP contribution >= 0.6 is 11.6 Å². The largest absolute Gasteiger partial charge is 0.490 e. The monoisotopic (exact) mass is 342 g/mol. The van der Waals surface area contributed by atoms with Crippen molar-refractivity contribution < 1.29 is 19.1 Å². The normalized spacial score (nSPS) is 10.1. The van der Waals surface area contributed by atoms with Crippen LogP contribution in [0.2, 0.25) is 5.02 Å². The van der Waals surface area contributed by atoms with Crippen molar-refractivity contribution in [1.82, 2.24) is 10.6 Å². The fourth-order valence-electron chi connectivity index (χ4n) is 1.77. The van der Waals surface area contributed by atoms with Gasteiger partial charge in [0.25, 0.3) is 5.91 Å². The molecule has 0 spiro atoms.